The van der Waals surface area contributed by atoms with Gasteiger partial charge in [0.05, 0.1) is 6.54 Å². The van der Waals surface area contributed by atoms with Gasteiger partial charge in [0.25, 0.3) is 0 Å². The Morgan fingerprint density at radius 3 is 2.12 bits per heavy atom. The smallest absolute Gasteiger partial charge is 0.191 e. The van der Waals surface area contributed by atoms with Crippen molar-refractivity contribution in [1.82, 2.24) is 20.4 Å². The molecule has 0 saturated carbocycles. The Balaban J connectivity index is 0.00000338. The number of aliphatic imine (C=N–C) groups is 1. The highest BCUT2D eigenvalue weighted by atomic mass is 127. The van der Waals surface area contributed by atoms with Crippen LogP contribution in [0.4, 0.5) is 0 Å². The largest absolute Gasteiger partial charge is 0.357 e. The van der Waals surface area contributed by atoms with Gasteiger partial charge in [0, 0.05) is 45.8 Å². The van der Waals surface area contributed by atoms with Crippen molar-refractivity contribution in [3.8, 4) is 0 Å². The lowest BCUT2D eigenvalue weighted by atomic mass is 10.1. The van der Waals surface area contributed by atoms with Crippen LogP contribution in [0.15, 0.2) is 29.3 Å². The minimum atomic E-state index is 0. The van der Waals surface area contributed by atoms with Crippen LogP contribution in [-0.2, 0) is 13.1 Å². The van der Waals surface area contributed by atoms with Crippen LogP contribution in [0.3, 0.4) is 0 Å². The second-order valence-electron chi connectivity index (χ2n) is 6.65. The van der Waals surface area contributed by atoms with Crippen molar-refractivity contribution < 1.29 is 0 Å². The number of likely N-dealkylation sites (N-methyl/N-ethyl adjacent to an activating group) is 1. The highest BCUT2D eigenvalue weighted by Crippen LogP contribution is 2.11. The average molecular weight is 473 g/mol. The second-order valence-corrected chi connectivity index (χ2v) is 6.65. The van der Waals surface area contributed by atoms with Crippen LogP contribution in [-0.4, -0.2) is 61.6 Å². The van der Waals surface area contributed by atoms with E-state index < -0.39 is 0 Å². The summed E-state index contributed by atoms with van der Waals surface area (Å²) in [4.78, 5) is 9.74. The molecule has 0 atom stereocenters. The number of piperazine rings is 1. The van der Waals surface area contributed by atoms with Gasteiger partial charge in [-0.3, -0.25) is 4.90 Å². The molecule has 1 aromatic carbocycles. The molecule has 0 bridgehead atoms. The number of nitrogens with zero attached hydrogens (tertiary/aromatic N) is 3. The summed E-state index contributed by atoms with van der Waals surface area (Å²) < 4.78 is 0. The Kier molecular flexibility index (Phi) is 11.9. The molecule has 0 aromatic heterocycles. The first-order valence-electron chi connectivity index (χ1n) is 9.79. The van der Waals surface area contributed by atoms with E-state index in [9.17, 15) is 0 Å². The van der Waals surface area contributed by atoms with Gasteiger partial charge in [-0.2, -0.15) is 0 Å². The van der Waals surface area contributed by atoms with Crippen LogP contribution in [0.2, 0.25) is 0 Å². The Morgan fingerprint density at radius 1 is 0.923 bits per heavy atom. The molecule has 6 heteroatoms. The summed E-state index contributed by atoms with van der Waals surface area (Å²) in [5.41, 5.74) is 2.65. The number of halogens is 1. The fourth-order valence-electron chi connectivity index (χ4n) is 3.03. The summed E-state index contributed by atoms with van der Waals surface area (Å²) in [6, 6.07) is 8.93. The van der Waals surface area contributed by atoms with Gasteiger partial charge in [0.2, 0.25) is 0 Å². The molecule has 26 heavy (non-hydrogen) atoms. The Labute approximate surface area is 176 Å². The molecule has 0 radical (unpaired) electrons. The molecule has 0 amide bonds. The normalized spacial score (nSPS) is 16.2. The molecule has 1 fully saturated rings. The van der Waals surface area contributed by atoms with Crippen molar-refractivity contribution in [3.63, 3.8) is 0 Å². The van der Waals surface area contributed by atoms with Gasteiger partial charge in [0.15, 0.2) is 5.96 Å². The molecule has 1 aliphatic rings. The first-order valence-corrected chi connectivity index (χ1v) is 9.79. The lowest BCUT2D eigenvalue weighted by Gasteiger charge is -2.34. The lowest BCUT2D eigenvalue weighted by molar-refractivity contribution is 0.132. The molecule has 0 spiro atoms. The molecule has 0 unspecified atom stereocenters. The number of hydrogen-bond donors (Lipinski definition) is 2. The van der Waals surface area contributed by atoms with E-state index in [4.69, 9.17) is 0 Å². The van der Waals surface area contributed by atoms with Crippen LogP contribution >= 0.6 is 24.0 Å². The number of guanidine groups is 1. The summed E-state index contributed by atoms with van der Waals surface area (Å²) in [7, 11) is 0. The van der Waals surface area contributed by atoms with Crippen LogP contribution in [0.1, 0.15) is 38.3 Å². The Hall–Kier alpha value is -0.860. The Morgan fingerprint density at radius 2 is 1.54 bits per heavy atom. The quantitative estimate of drug-likeness (QED) is 0.346. The first kappa shape index (κ1) is 23.2. The Bertz CT molecular complexity index is 509. The molecule has 2 N–H and O–H groups in total. The maximum atomic E-state index is 4.66. The zero-order valence-electron chi connectivity index (χ0n) is 16.6. The van der Waals surface area contributed by atoms with Gasteiger partial charge in [0.1, 0.15) is 0 Å². The highest BCUT2D eigenvalue weighted by Gasteiger charge is 2.15. The van der Waals surface area contributed by atoms with Gasteiger partial charge >= 0.3 is 0 Å². The predicted molar refractivity (Wildman–Crippen MR) is 122 cm³/mol. The maximum absolute atomic E-state index is 4.66. The molecule has 2 rings (SSSR count). The molecule has 1 heterocycles. The van der Waals surface area contributed by atoms with Gasteiger partial charge in [-0.1, -0.05) is 38.1 Å². The van der Waals surface area contributed by atoms with Crippen LogP contribution in [0.5, 0.6) is 0 Å². The van der Waals surface area contributed by atoms with E-state index >= 15 is 0 Å². The van der Waals surface area contributed by atoms with Crippen molar-refractivity contribution in [3.05, 3.63) is 35.4 Å². The van der Waals surface area contributed by atoms with E-state index in [1.54, 1.807) is 0 Å². The molecule has 1 aromatic rings. The van der Waals surface area contributed by atoms with Crippen molar-refractivity contribution in [2.45, 2.75) is 40.3 Å². The SMILES string of the molecule is CCCNC(=NCc1ccc(CN2CCN(CC)CC2)cc1)NCC.I. The number of rotatable bonds is 8. The van der Waals surface area contributed by atoms with E-state index in [0.717, 1.165) is 32.0 Å². The molecular formula is C20H36IN5. The van der Waals surface area contributed by atoms with Crippen molar-refractivity contribution in [2.24, 2.45) is 4.99 Å². The topological polar surface area (TPSA) is 42.9 Å². The first-order chi connectivity index (χ1) is 12.2. The van der Waals surface area contributed by atoms with Crippen LogP contribution in [0, 0.1) is 0 Å². The standard InChI is InChI=1S/C20H35N5.HI/c1-4-11-22-20(21-5-2)23-16-18-7-9-19(10-8-18)17-25-14-12-24(6-3)13-15-25;/h7-10H,4-6,11-17H2,1-3H3,(H2,21,22,23);1H. The van der Waals surface area contributed by atoms with Crippen molar-refractivity contribution in [2.75, 3.05) is 45.8 Å². The summed E-state index contributed by atoms with van der Waals surface area (Å²) >= 11 is 0. The summed E-state index contributed by atoms with van der Waals surface area (Å²) in [6.07, 6.45) is 1.10. The predicted octanol–water partition coefficient (Wildman–Crippen LogP) is 2.91. The summed E-state index contributed by atoms with van der Waals surface area (Å²) in [5, 5.41) is 6.63. The zero-order valence-corrected chi connectivity index (χ0v) is 19.0. The third-order valence-electron chi connectivity index (χ3n) is 4.65. The van der Waals surface area contributed by atoms with E-state index in [1.165, 1.54) is 43.9 Å². The van der Waals surface area contributed by atoms with Crippen molar-refractivity contribution >= 4 is 29.9 Å². The number of nitrogens with one attached hydrogen (secondary N) is 2. The monoisotopic (exact) mass is 473 g/mol. The van der Waals surface area contributed by atoms with Gasteiger partial charge in [-0.05, 0) is 31.0 Å². The van der Waals surface area contributed by atoms with E-state index in [-0.39, 0.29) is 24.0 Å². The van der Waals surface area contributed by atoms with E-state index in [0.29, 0.717) is 6.54 Å². The molecule has 1 saturated heterocycles. The van der Waals surface area contributed by atoms with Gasteiger partial charge < -0.3 is 15.5 Å². The minimum Gasteiger partial charge on any atom is -0.357 e. The fraction of sp³-hybridized carbons (Fsp3) is 0.650. The second kappa shape index (κ2) is 13.3. The third kappa shape index (κ3) is 8.22. The van der Waals surface area contributed by atoms with Crippen molar-refractivity contribution in [1.29, 1.82) is 0 Å². The molecular weight excluding hydrogens is 437 g/mol. The third-order valence-corrected chi connectivity index (χ3v) is 4.65. The number of hydrogen-bond acceptors (Lipinski definition) is 3. The maximum Gasteiger partial charge on any atom is 0.191 e. The van der Waals surface area contributed by atoms with Crippen LogP contribution < -0.4 is 10.6 Å². The molecule has 148 valence electrons. The van der Waals surface area contributed by atoms with Gasteiger partial charge in [-0.15, -0.1) is 24.0 Å². The summed E-state index contributed by atoms with van der Waals surface area (Å²) in [6.45, 7) is 16.0. The average Bonchev–Trinajstić information content (AvgIpc) is 2.66. The minimum absolute atomic E-state index is 0. The van der Waals surface area contributed by atoms with Crippen LogP contribution in [0.25, 0.3) is 0 Å². The fourth-order valence-corrected chi connectivity index (χ4v) is 3.03. The number of benzene rings is 1. The van der Waals surface area contributed by atoms with Gasteiger partial charge in [-0.25, -0.2) is 4.99 Å². The molecule has 0 aliphatic carbocycles. The lowest BCUT2D eigenvalue weighted by Crippen LogP contribution is -2.45. The van der Waals surface area contributed by atoms with E-state index in [2.05, 4.69) is 70.5 Å². The molecule has 5 nitrogen and oxygen atoms in total. The summed E-state index contributed by atoms with van der Waals surface area (Å²) in [5.74, 6) is 0.905. The molecule has 1 aliphatic heterocycles. The van der Waals surface area contributed by atoms with E-state index in [1.807, 2.05) is 0 Å². The highest BCUT2D eigenvalue weighted by molar-refractivity contribution is 14.0. The zero-order chi connectivity index (χ0) is 17.9.